The maximum Gasteiger partial charge on any atom is 0.251 e. The van der Waals surface area contributed by atoms with Gasteiger partial charge in [-0.15, -0.1) is 0 Å². The summed E-state index contributed by atoms with van der Waals surface area (Å²) in [4.78, 5) is 11.5. The monoisotopic (exact) mass is 311 g/mol. The lowest BCUT2D eigenvalue weighted by atomic mass is 10.1. The van der Waals surface area contributed by atoms with Crippen LogP contribution in [0.15, 0.2) is 23.2 Å². The second-order valence-electron chi connectivity index (χ2n) is 3.52. The molecule has 0 saturated carbocycles. The van der Waals surface area contributed by atoms with Crippen LogP contribution in [0.25, 0.3) is 5.76 Å². The van der Waals surface area contributed by atoms with Crippen LogP contribution in [0.4, 0.5) is 0 Å². The molecule has 0 atom stereocenters. The fourth-order valence-corrected chi connectivity index (χ4v) is 2.30. The first-order valence-corrected chi connectivity index (χ1v) is 6.85. The van der Waals surface area contributed by atoms with Crippen LogP contribution in [0.5, 0.6) is 0 Å². The molecule has 0 saturated heterocycles. The first kappa shape index (κ1) is 14.8. The van der Waals surface area contributed by atoms with E-state index in [1.807, 2.05) is 32.9 Å². The number of hydrogen-bond donors (Lipinski definition) is 1. The molecule has 0 aromatic heterocycles. The zero-order valence-corrected chi connectivity index (χ0v) is 12.6. The van der Waals surface area contributed by atoms with E-state index in [9.17, 15) is 4.79 Å². The first-order valence-electron chi connectivity index (χ1n) is 6.06. The van der Waals surface area contributed by atoms with Crippen molar-refractivity contribution in [3.63, 3.8) is 0 Å². The molecular formula is C14H18BrNO2. The van der Waals surface area contributed by atoms with Crippen LogP contribution >= 0.6 is 15.9 Å². The zero-order valence-electron chi connectivity index (χ0n) is 11.0. The molecule has 1 heterocycles. The molecule has 3 nitrogen and oxygen atoms in total. The van der Waals surface area contributed by atoms with E-state index in [4.69, 9.17) is 4.74 Å². The summed E-state index contributed by atoms with van der Waals surface area (Å²) in [6.07, 6.45) is 0. The molecule has 0 aliphatic carbocycles. The van der Waals surface area contributed by atoms with Gasteiger partial charge in [0.15, 0.2) is 0 Å². The fourth-order valence-electron chi connectivity index (χ4n) is 1.70. The minimum Gasteiger partial charge on any atom is -0.494 e. The number of hydrogen-bond acceptors (Lipinski definition) is 2. The van der Waals surface area contributed by atoms with Gasteiger partial charge in [0.1, 0.15) is 5.76 Å². The largest absolute Gasteiger partial charge is 0.494 e. The molecular weight excluding hydrogens is 294 g/mol. The summed E-state index contributed by atoms with van der Waals surface area (Å²) in [5, 5.41) is 2.78. The molecule has 0 unspecified atom stereocenters. The lowest BCUT2D eigenvalue weighted by Gasteiger charge is -2.09. The highest BCUT2D eigenvalue weighted by Crippen LogP contribution is 2.29. The SMILES string of the molecule is C=C(OCC)c1cc(Br)c2c(c1)C(=O)NC2.CC. The Morgan fingerprint density at radius 2 is 2.17 bits per heavy atom. The Balaban J connectivity index is 0.000000771. The van der Waals surface area contributed by atoms with Crippen LogP contribution < -0.4 is 5.32 Å². The Morgan fingerprint density at radius 3 is 2.78 bits per heavy atom. The second-order valence-corrected chi connectivity index (χ2v) is 4.38. The number of carbonyl (C=O) groups is 1. The van der Waals surface area contributed by atoms with E-state index in [1.165, 1.54) is 0 Å². The molecule has 1 aliphatic rings. The Morgan fingerprint density at radius 1 is 1.50 bits per heavy atom. The molecule has 1 aromatic rings. The number of carbonyl (C=O) groups excluding carboxylic acids is 1. The molecule has 2 rings (SSSR count). The Hall–Kier alpha value is -1.29. The average Bonchev–Trinajstić information content (AvgIpc) is 2.75. The molecule has 0 spiro atoms. The van der Waals surface area contributed by atoms with Gasteiger partial charge in [-0.1, -0.05) is 36.4 Å². The minimum absolute atomic E-state index is 0.0400. The van der Waals surface area contributed by atoms with Gasteiger partial charge in [-0.2, -0.15) is 0 Å². The van der Waals surface area contributed by atoms with Gasteiger partial charge in [0.25, 0.3) is 5.91 Å². The van der Waals surface area contributed by atoms with E-state index < -0.39 is 0 Å². The maximum absolute atomic E-state index is 11.5. The van der Waals surface area contributed by atoms with E-state index in [1.54, 1.807) is 0 Å². The van der Waals surface area contributed by atoms with Crippen LogP contribution in [0, 0.1) is 0 Å². The van der Waals surface area contributed by atoms with Crippen LogP contribution in [0.1, 0.15) is 42.3 Å². The first-order chi connectivity index (χ1) is 8.63. The van der Waals surface area contributed by atoms with Gasteiger partial charge in [-0.3, -0.25) is 4.79 Å². The van der Waals surface area contributed by atoms with Gasteiger partial charge >= 0.3 is 0 Å². The summed E-state index contributed by atoms with van der Waals surface area (Å²) >= 11 is 3.46. The van der Waals surface area contributed by atoms with Gasteiger partial charge in [0.05, 0.1) is 6.61 Å². The smallest absolute Gasteiger partial charge is 0.251 e. The van der Waals surface area contributed by atoms with Crippen molar-refractivity contribution >= 4 is 27.6 Å². The van der Waals surface area contributed by atoms with Crippen LogP contribution in [0.3, 0.4) is 0 Å². The lowest BCUT2D eigenvalue weighted by molar-refractivity contribution is 0.0965. The third kappa shape index (κ3) is 2.93. The van der Waals surface area contributed by atoms with E-state index >= 15 is 0 Å². The van der Waals surface area contributed by atoms with Crippen molar-refractivity contribution in [2.45, 2.75) is 27.3 Å². The van der Waals surface area contributed by atoms with Gasteiger partial charge < -0.3 is 10.1 Å². The highest BCUT2D eigenvalue weighted by atomic mass is 79.9. The van der Waals surface area contributed by atoms with Gasteiger partial charge in [0.2, 0.25) is 0 Å². The van der Waals surface area contributed by atoms with Crippen molar-refractivity contribution in [2.24, 2.45) is 0 Å². The number of nitrogens with one attached hydrogen (secondary N) is 1. The summed E-state index contributed by atoms with van der Waals surface area (Å²) in [5.41, 5.74) is 2.54. The number of rotatable bonds is 3. The second kappa shape index (κ2) is 6.59. The van der Waals surface area contributed by atoms with Crippen molar-refractivity contribution in [1.29, 1.82) is 0 Å². The maximum atomic E-state index is 11.5. The molecule has 98 valence electrons. The van der Waals surface area contributed by atoms with Crippen LogP contribution in [0.2, 0.25) is 0 Å². The Bertz CT molecular complexity index is 469. The quantitative estimate of drug-likeness (QED) is 0.864. The van der Waals surface area contributed by atoms with Crippen molar-refractivity contribution in [3.8, 4) is 0 Å². The summed E-state index contributed by atoms with van der Waals surface area (Å²) in [5.74, 6) is 0.549. The van der Waals surface area contributed by atoms with Crippen molar-refractivity contribution in [3.05, 3.63) is 39.9 Å². The predicted octanol–water partition coefficient (Wildman–Crippen LogP) is 3.73. The van der Waals surface area contributed by atoms with Gasteiger partial charge in [-0.05, 0) is 24.6 Å². The zero-order chi connectivity index (χ0) is 13.7. The van der Waals surface area contributed by atoms with E-state index in [0.717, 1.165) is 15.6 Å². The number of halogens is 1. The Kier molecular flexibility index (Phi) is 5.41. The summed E-state index contributed by atoms with van der Waals surface area (Å²) < 4.78 is 6.25. The molecule has 1 aromatic carbocycles. The highest BCUT2D eigenvalue weighted by Gasteiger charge is 2.22. The molecule has 4 heteroatoms. The summed E-state index contributed by atoms with van der Waals surface area (Å²) in [6, 6.07) is 3.75. The van der Waals surface area contributed by atoms with Crippen LogP contribution in [-0.4, -0.2) is 12.5 Å². The third-order valence-electron chi connectivity index (χ3n) is 2.51. The van der Waals surface area contributed by atoms with E-state index in [2.05, 4.69) is 27.8 Å². The molecule has 1 N–H and O–H groups in total. The topological polar surface area (TPSA) is 38.3 Å². The molecule has 1 amide bonds. The number of fused-ring (bicyclic) bond motifs is 1. The van der Waals surface area contributed by atoms with E-state index in [0.29, 0.717) is 24.5 Å². The molecule has 0 radical (unpaired) electrons. The van der Waals surface area contributed by atoms with Crippen molar-refractivity contribution in [1.82, 2.24) is 5.32 Å². The van der Waals surface area contributed by atoms with E-state index in [-0.39, 0.29) is 5.91 Å². The number of benzene rings is 1. The minimum atomic E-state index is -0.0400. The van der Waals surface area contributed by atoms with Gasteiger partial charge in [-0.25, -0.2) is 0 Å². The Labute approximate surface area is 116 Å². The standard InChI is InChI=1S/C12H12BrNO2.C2H6/c1-3-16-7(2)8-4-9-10(11(13)5-8)6-14-12(9)15;1-2/h4-5H,2-3,6H2,1H3,(H,14,15);1-2H3. The van der Waals surface area contributed by atoms with Crippen LogP contribution in [-0.2, 0) is 11.3 Å². The third-order valence-corrected chi connectivity index (χ3v) is 3.21. The highest BCUT2D eigenvalue weighted by molar-refractivity contribution is 9.10. The van der Waals surface area contributed by atoms with Gasteiger partial charge in [0, 0.05) is 22.1 Å². The molecule has 0 bridgehead atoms. The fraction of sp³-hybridized carbons (Fsp3) is 0.357. The van der Waals surface area contributed by atoms with Crippen molar-refractivity contribution in [2.75, 3.05) is 6.61 Å². The predicted molar refractivity (Wildman–Crippen MR) is 77.3 cm³/mol. The molecule has 0 fully saturated rings. The lowest BCUT2D eigenvalue weighted by Crippen LogP contribution is -2.12. The summed E-state index contributed by atoms with van der Waals surface area (Å²) in [6.45, 7) is 10.9. The normalized spacial score (nSPS) is 12.1. The number of amides is 1. The summed E-state index contributed by atoms with van der Waals surface area (Å²) in [7, 11) is 0. The average molecular weight is 312 g/mol. The van der Waals surface area contributed by atoms with Crippen molar-refractivity contribution < 1.29 is 9.53 Å². The molecule has 1 aliphatic heterocycles. The number of ether oxygens (including phenoxy) is 1. The molecule has 18 heavy (non-hydrogen) atoms.